The van der Waals surface area contributed by atoms with Crippen molar-refractivity contribution in [3.63, 3.8) is 0 Å². The third-order valence-electron chi connectivity index (χ3n) is 6.58. The normalized spacial score (nSPS) is 12.3. The first kappa shape index (κ1) is 28.5. The third kappa shape index (κ3) is 5.90. The summed E-state index contributed by atoms with van der Waals surface area (Å²) in [4.78, 5) is 30.5. The van der Waals surface area contributed by atoms with Gasteiger partial charge in [0.25, 0.3) is 0 Å². The van der Waals surface area contributed by atoms with Crippen LogP contribution in [0.25, 0.3) is 11.8 Å². The molecule has 0 fully saturated rings. The molecule has 4 rings (SSSR count). The minimum Gasteiger partial charge on any atom is -0.496 e. The van der Waals surface area contributed by atoms with Gasteiger partial charge in [-0.2, -0.15) is 0 Å². The molecular formula is C30H34N2O8. The van der Waals surface area contributed by atoms with E-state index >= 15 is 0 Å². The van der Waals surface area contributed by atoms with Crippen LogP contribution in [0.15, 0.2) is 42.4 Å². The number of carbonyl (C=O) groups is 2. The number of hydrogen-bond donors (Lipinski definition) is 0. The molecule has 3 aromatic rings. The minimum absolute atomic E-state index is 0.117. The zero-order valence-electron chi connectivity index (χ0n) is 23.4. The lowest BCUT2D eigenvalue weighted by molar-refractivity contribution is -0.138. The third-order valence-corrected chi connectivity index (χ3v) is 6.58. The Morgan fingerprint density at radius 3 is 2.48 bits per heavy atom. The first-order valence-corrected chi connectivity index (χ1v) is 13.1. The maximum atomic E-state index is 13.1. The van der Waals surface area contributed by atoms with Crippen LogP contribution in [0.1, 0.15) is 53.9 Å². The lowest BCUT2D eigenvalue weighted by Crippen LogP contribution is -2.14. The van der Waals surface area contributed by atoms with Crippen molar-refractivity contribution in [1.29, 1.82) is 0 Å². The Morgan fingerprint density at radius 2 is 1.80 bits per heavy atom. The predicted molar refractivity (Wildman–Crippen MR) is 147 cm³/mol. The molecule has 0 bridgehead atoms. The standard InChI is InChI=1S/C30H34N2O8/c1-6-8-9-22-24(35-3)11-10-23(28(22)30(34)37-5)32-17-31-16-21(32)13-20(29(33)38-7-2)12-19-14-26-27(40-18-39-26)15-25(19)36-4/h10-11,13-17H,6-9,12,18H2,1-5H3/b20-13+. The Hall–Kier alpha value is -4.47. The van der Waals surface area contributed by atoms with E-state index in [9.17, 15) is 9.59 Å². The molecule has 1 aromatic heterocycles. The molecule has 0 saturated heterocycles. The van der Waals surface area contributed by atoms with Gasteiger partial charge in [-0.25, -0.2) is 14.6 Å². The van der Waals surface area contributed by atoms with Gasteiger partial charge in [0.1, 0.15) is 11.5 Å². The number of ether oxygens (including phenoxy) is 6. The van der Waals surface area contributed by atoms with Crippen molar-refractivity contribution >= 4 is 18.0 Å². The van der Waals surface area contributed by atoms with Crippen molar-refractivity contribution in [3.05, 3.63) is 64.7 Å². The summed E-state index contributed by atoms with van der Waals surface area (Å²) in [7, 11) is 4.48. The average Bonchev–Trinajstić information content (AvgIpc) is 3.63. The fourth-order valence-electron chi connectivity index (χ4n) is 4.64. The molecule has 0 spiro atoms. The van der Waals surface area contributed by atoms with Gasteiger partial charge in [-0.3, -0.25) is 4.57 Å². The van der Waals surface area contributed by atoms with Gasteiger partial charge >= 0.3 is 11.9 Å². The molecule has 0 aliphatic carbocycles. The van der Waals surface area contributed by atoms with Gasteiger partial charge < -0.3 is 28.4 Å². The molecule has 0 N–H and O–H groups in total. The summed E-state index contributed by atoms with van der Waals surface area (Å²) < 4.78 is 34.5. The highest BCUT2D eigenvalue weighted by Crippen LogP contribution is 2.39. The van der Waals surface area contributed by atoms with Crippen molar-refractivity contribution in [1.82, 2.24) is 9.55 Å². The second kappa shape index (κ2) is 13.1. The van der Waals surface area contributed by atoms with Gasteiger partial charge in [-0.1, -0.05) is 13.3 Å². The molecule has 0 radical (unpaired) electrons. The van der Waals surface area contributed by atoms with E-state index in [2.05, 4.69) is 11.9 Å². The Morgan fingerprint density at radius 1 is 1.05 bits per heavy atom. The second-order valence-electron chi connectivity index (χ2n) is 9.01. The highest BCUT2D eigenvalue weighted by molar-refractivity contribution is 5.97. The highest BCUT2D eigenvalue weighted by Gasteiger charge is 2.24. The SMILES string of the molecule is CCCCc1c(OC)ccc(-n2cncc2/C=C(\Cc2cc3c(cc2OC)OCO3)C(=O)OCC)c1C(=O)OC. The number of imidazole rings is 1. The number of unbranched alkanes of at least 4 members (excludes halogenated alkanes) is 1. The van der Waals surface area contributed by atoms with Crippen LogP contribution >= 0.6 is 0 Å². The summed E-state index contributed by atoms with van der Waals surface area (Å²) in [5.41, 5.74) is 3.36. The number of carbonyl (C=O) groups excluding carboxylic acids is 2. The van der Waals surface area contributed by atoms with Gasteiger partial charge in [-0.05, 0) is 44.0 Å². The fourth-order valence-corrected chi connectivity index (χ4v) is 4.64. The van der Waals surface area contributed by atoms with E-state index in [1.807, 2.05) is 6.07 Å². The van der Waals surface area contributed by atoms with Crippen LogP contribution in [-0.2, 0) is 27.1 Å². The molecule has 1 aliphatic rings. The molecule has 40 heavy (non-hydrogen) atoms. The van der Waals surface area contributed by atoms with E-state index in [0.29, 0.717) is 51.9 Å². The number of benzene rings is 2. The van der Waals surface area contributed by atoms with Crippen LogP contribution in [-0.4, -0.2) is 56.2 Å². The lowest BCUT2D eigenvalue weighted by Gasteiger charge is -2.18. The van der Waals surface area contributed by atoms with Gasteiger partial charge in [0.05, 0.1) is 57.4 Å². The van der Waals surface area contributed by atoms with Crippen molar-refractivity contribution in [2.75, 3.05) is 34.7 Å². The van der Waals surface area contributed by atoms with Crippen LogP contribution in [0.4, 0.5) is 0 Å². The fraction of sp³-hybridized carbons (Fsp3) is 0.367. The van der Waals surface area contributed by atoms with Gasteiger partial charge in [0, 0.05) is 29.2 Å². The van der Waals surface area contributed by atoms with Gasteiger partial charge in [0.15, 0.2) is 11.5 Å². The van der Waals surface area contributed by atoms with Crippen LogP contribution in [0.5, 0.6) is 23.0 Å². The van der Waals surface area contributed by atoms with Crippen LogP contribution in [0, 0.1) is 0 Å². The summed E-state index contributed by atoms with van der Waals surface area (Å²) >= 11 is 0. The topological polar surface area (TPSA) is 107 Å². The predicted octanol–water partition coefficient (Wildman–Crippen LogP) is 4.94. The van der Waals surface area contributed by atoms with E-state index in [-0.39, 0.29) is 19.8 Å². The number of hydrogen-bond acceptors (Lipinski definition) is 9. The smallest absolute Gasteiger partial charge is 0.340 e. The molecule has 2 heterocycles. The molecule has 10 nitrogen and oxygen atoms in total. The molecule has 0 amide bonds. The van der Waals surface area contributed by atoms with Crippen LogP contribution in [0.2, 0.25) is 0 Å². The van der Waals surface area contributed by atoms with Crippen molar-refractivity contribution in [2.45, 2.75) is 39.5 Å². The maximum Gasteiger partial charge on any atom is 0.340 e. The number of nitrogens with zero attached hydrogens (tertiary/aromatic N) is 2. The minimum atomic E-state index is -0.487. The van der Waals surface area contributed by atoms with E-state index < -0.39 is 11.9 Å². The zero-order valence-corrected chi connectivity index (χ0v) is 23.4. The average molecular weight is 551 g/mol. The molecule has 0 atom stereocenters. The van der Waals surface area contributed by atoms with E-state index in [1.165, 1.54) is 7.11 Å². The molecule has 0 unspecified atom stereocenters. The summed E-state index contributed by atoms with van der Waals surface area (Å²) in [5.74, 6) is 1.34. The zero-order chi connectivity index (χ0) is 28.6. The van der Waals surface area contributed by atoms with E-state index in [1.54, 1.807) is 62.5 Å². The largest absolute Gasteiger partial charge is 0.496 e. The first-order valence-electron chi connectivity index (χ1n) is 13.1. The number of esters is 2. The molecular weight excluding hydrogens is 516 g/mol. The summed E-state index contributed by atoms with van der Waals surface area (Å²) in [6.45, 7) is 4.16. The number of rotatable bonds is 12. The Labute approximate surface area is 233 Å². The molecule has 0 saturated carbocycles. The van der Waals surface area contributed by atoms with Gasteiger partial charge in [-0.15, -0.1) is 0 Å². The monoisotopic (exact) mass is 550 g/mol. The maximum absolute atomic E-state index is 13.1. The van der Waals surface area contributed by atoms with Crippen molar-refractivity contribution in [2.24, 2.45) is 0 Å². The number of aromatic nitrogens is 2. The van der Waals surface area contributed by atoms with Crippen molar-refractivity contribution in [3.8, 4) is 28.7 Å². The Bertz CT molecular complexity index is 1410. The number of methoxy groups -OCH3 is 3. The highest BCUT2D eigenvalue weighted by atomic mass is 16.7. The van der Waals surface area contributed by atoms with Crippen molar-refractivity contribution < 1.29 is 38.0 Å². The van der Waals surface area contributed by atoms with E-state index in [4.69, 9.17) is 28.4 Å². The molecule has 2 aromatic carbocycles. The second-order valence-corrected chi connectivity index (χ2v) is 9.01. The molecule has 212 valence electrons. The Balaban J connectivity index is 1.83. The lowest BCUT2D eigenvalue weighted by atomic mass is 9.98. The summed E-state index contributed by atoms with van der Waals surface area (Å²) in [6, 6.07) is 7.14. The molecule has 10 heteroatoms. The summed E-state index contributed by atoms with van der Waals surface area (Å²) in [5, 5.41) is 0. The van der Waals surface area contributed by atoms with Gasteiger partial charge in [0.2, 0.25) is 6.79 Å². The van der Waals surface area contributed by atoms with Crippen LogP contribution < -0.4 is 18.9 Å². The Kier molecular flexibility index (Phi) is 9.31. The molecule has 1 aliphatic heterocycles. The first-order chi connectivity index (χ1) is 19.4. The quantitative estimate of drug-likeness (QED) is 0.229. The van der Waals surface area contributed by atoms with Crippen LogP contribution in [0.3, 0.4) is 0 Å². The van der Waals surface area contributed by atoms with E-state index in [0.717, 1.165) is 24.0 Å². The summed E-state index contributed by atoms with van der Waals surface area (Å²) in [6.07, 6.45) is 7.55. The number of fused-ring (bicyclic) bond motifs is 1.